The van der Waals surface area contributed by atoms with E-state index < -0.39 is 0 Å². The molecule has 0 unspecified atom stereocenters. The number of nitrogens with zero attached hydrogens (tertiary/aromatic N) is 2. The second-order valence-electron chi connectivity index (χ2n) is 3.07. The number of nitrogen functional groups attached to an aromatic ring is 1. The molecule has 0 radical (unpaired) electrons. The largest absolute Gasteiger partial charge is 0.384 e. The zero-order chi connectivity index (χ0) is 9.97. The Balaban J connectivity index is 2.32. The van der Waals surface area contributed by atoms with Crippen molar-refractivity contribution in [3.05, 3.63) is 18.0 Å². The van der Waals surface area contributed by atoms with E-state index in [-0.39, 0.29) is 0 Å². The van der Waals surface area contributed by atoms with Gasteiger partial charge in [0, 0.05) is 0 Å². The van der Waals surface area contributed by atoms with Gasteiger partial charge in [0.2, 0.25) is 0 Å². The molecule has 0 saturated heterocycles. The van der Waals surface area contributed by atoms with Gasteiger partial charge in [-0.25, -0.2) is 9.97 Å². The molecule has 0 fully saturated rings. The SMILES string of the molecule is CCNCc1nc2nc(N)ccc2[nH]1. The average molecular weight is 191 g/mol. The van der Waals surface area contributed by atoms with Crippen molar-refractivity contribution in [1.82, 2.24) is 20.3 Å². The number of nitrogens with one attached hydrogen (secondary N) is 2. The maximum atomic E-state index is 5.55. The lowest BCUT2D eigenvalue weighted by molar-refractivity contribution is 0.700. The summed E-state index contributed by atoms with van der Waals surface area (Å²) in [4.78, 5) is 11.6. The molecule has 74 valence electrons. The molecule has 14 heavy (non-hydrogen) atoms. The molecule has 0 aromatic carbocycles. The summed E-state index contributed by atoms with van der Waals surface area (Å²) in [6, 6.07) is 3.65. The molecule has 0 aliphatic rings. The Kier molecular flexibility index (Phi) is 2.32. The van der Waals surface area contributed by atoms with E-state index in [1.165, 1.54) is 0 Å². The number of anilines is 1. The summed E-state index contributed by atoms with van der Waals surface area (Å²) in [5.74, 6) is 1.39. The molecule has 0 aliphatic heterocycles. The summed E-state index contributed by atoms with van der Waals surface area (Å²) in [6.45, 7) is 3.71. The fraction of sp³-hybridized carbons (Fsp3) is 0.333. The molecule has 5 heteroatoms. The molecule has 5 nitrogen and oxygen atoms in total. The highest BCUT2D eigenvalue weighted by atomic mass is 15.0. The highest BCUT2D eigenvalue weighted by molar-refractivity contribution is 5.72. The van der Waals surface area contributed by atoms with Crippen LogP contribution in [-0.4, -0.2) is 21.5 Å². The van der Waals surface area contributed by atoms with Crippen LogP contribution in [0.15, 0.2) is 12.1 Å². The number of rotatable bonds is 3. The van der Waals surface area contributed by atoms with Gasteiger partial charge in [-0.1, -0.05) is 6.92 Å². The first-order valence-electron chi connectivity index (χ1n) is 4.61. The van der Waals surface area contributed by atoms with Crippen LogP contribution in [0.5, 0.6) is 0 Å². The molecule has 0 atom stereocenters. The molecule has 2 rings (SSSR count). The van der Waals surface area contributed by atoms with Crippen LogP contribution in [0.3, 0.4) is 0 Å². The quantitative estimate of drug-likeness (QED) is 0.665. The van der Waals surface area contributed by atoms with Crippen molar-refractivity contribution < 1.29 is 0 Å². The van der Waals surface area contributed by atoms with Gasteiger partial charge in [0.05, 0.1) is 12.1 Å². The number of fused-ring (bicyclic) bond motifs is 1. The normalized spacial score (nSPS) is 10.9. The second kappa shape index (κ2) is 3.63. The summed E-state index contributed by atoms with van der Waals surface area (Å²) in [5.41, 5.74) is 7.15. The molecule has 2 heterocycles. The Morgan fingerprint density at radius 2 is 2.29 bits per heavy atom. The van der Waals surface area contributed by atoms with E-state index in [0.717, 1.165) is 24.4 Å². The van der Waals surface area contributed by atoms with E-state index in [4.69, 9.17) is 5.73 Å². The van der Waals surface area contributed by atoms with Gasteiger partial charge in [-0.2, -0.15) is 0 Å². The van der Waals surface area contributed by atoms with Gasteiger partial charge in [-0.05, 0) is 18.7 Å². The maximum Gasteiger partial charge on any atom is 0.179 e. The third-order valence-electron chi connectivity index (χ3n) is 1.96. The Bertz CT molecular complexity index is 434. The molecule has 0 aliphatic carbocycles. The van der Waals surface area contributed by atoms with Gasteiger partial charge >= 0.3 is 0 Å². The van der Waals surface area contributed by atoms with Crippen molar-refractivity contribution in [2.45, 2.75) is 13.5 Å². The van der Waals surface area contributed by atoms with Crippen molar-refractivity contribution >= 4 is 17.0 Å². The number of imidazole rings is 1. The Labute approximate surface area is 81.7 Å². The van der Waals surface area contributed by atoms with Gasteiger partial charge < -0.3 is 16.0 Å². The summed E-state index contributed by atoms with van der Waals surface area (Å²) < 4.78 is 0. The van der Waals surface area contributed by atoms with Crippen LogP contribution in [-0.2, 0) is 6.54 Å². The predicted octanol–water partition coefficient (Wildman–Crippen LogP) is 0.650. The number of aromatic nitrogens is 3. The van der Waals surface area contributed by atoms with Gasteiger partial charge in [-0.15, -0.1) is 0 Å². The van der Waals surface area contributed by atoms with E-state index in [0.29, 0.717) is 11.5 Å². The number of nitrogens with two attached hydrogens (primary N) is 1. The monoisotopic (exact) mass is 191 g/mol. The van der Waals surface area contributed by atoms with Gasteiger partial charge in [0.15, 0.2) is 5.65 Å². The third-order valence-corrected chi connectivity index (χ3v) is 1.96. The van der Waals surface area contributed by atoms with Gasteiger partial charge in [0.25, 0.3) is 0 Å². The third kappa shape index (κ3) is 1.67. The number of aromatic amines is 1. The minimum atomic E-state index is 0.499. The molecule has 2 aromatic heterocycles. The Morgan fingerprint density at radius 3 is 3.07 bits per heavy atom. The van der Waals surface area contributed by atoms with E-state index in [9.17, 15) is 0 Å². The molecule has 2 aromatic rings. The van der Waals surface area contributed by atoms with E-state index in [1.54, 1.807) is 6.07 Å². The predicted molar refractivity (Wildman–Crippen MR) is 55.7 cm³/mol. The molecular weight excluding hydrogens is 178 g/mol. The van der Waals surface area contributed by atoms with E-state index >= 15 is 0 Å². The summed E-state index contributed by atoms with van der Waals surface area (Å²) in [6.07, 6.45) is 0. The van der Waals surface area contributed by atoms with Crippen molar-refractivity contribution in [2.24, 2.45) is 0 Å². The lowest BCUT2D eigenvalue weighted by atomic mass is 10.4. The Hall–Kier alpha value is -1.62. The molecule has 0 bridgehead atoms. The zero-order valence-electron chi connectivity index (χ0n) is 8.04. The first-order valence-corrected chi connectivity index (χ1v) is 4.61. The fourth-order valence-corrected chi connectivity index (χ4v) is 1.28. The van der Waals surface area contributed by atoms with Crippen LogP contribution in [0.2, 0.25) is 0 Å². The molecule has 0 amide bonds. The van der Waals surface area contributed by atoms with Crippen LogP contribution in [0.1, 0.15) is 12.7 Å². The van der Waals surface area contributed by atoms with Gasteiger partial charge in [0.1, 0.15) is 11.6 Å². The van der Waals surface area contributed by atoms with E-state index in [1.807, 2.05) is 6.07 Å². The second-order valence-corrected chi connectivity index (χ2v) is 3.07. The minimum absolute atomic E-state index is 0.499. The van der Waals surface area contributed by atoms with Crippen LogP contribution in [0, 0.1) is 0 Å². The topological polar surface area (TPSA) is 79.6 Å². The average Bonchev–Trinajstić information content (AvgIpc) is 2.56. The smallest absolute Gasteiger partial charge is 0.179 e. The number of pyridine rings is 1. The van der Waals surface area contributed by atoms with Crippen molar-refractivity contribution in [1.29, 1.82) is 0 Å². The maximum absolute atomic E-state index is 5.55. The summed E-state index contributed by atoms with van der Waals surface area (Å²) >= 11 is 0. The number of hydrogen-bond acceptors (Lipinski definition) is 4. The summed E-state index contributed by atoms with van der Waals surface area (Å²) in [5, 5.41) is 3.19. The zero-order valence-corrected chi connectivity index (χ0v) is 8.04. The van der Waals surface area contributed by atoms with Crippen LogP contribution in [0.4, 0.5) is 5.82 Å². The first-order chi connectivity index (χ1) is 6.79. The summed E-state index contributed by atoms with van der Waals surface area (Å²) in [7, 11) is 0. The lowest BCUT2D eigenvalue weighted by Crippen LogP contribution is -2.12. The Morgan fingerprint density at radius 1 is 1.43 bits per heavy atom. The minimum Gasteiger partial charge on any atom is -0.384 e. The van der Waals surface area contributed by atoms with Gasteiger partial charge in [-0.3, -0.25) is 0 Å². The van der Waals surface area contributed by atoms with Crippen LogP contribution >= 0.6 is 0 Å². The van der Waals surface area contributed by atoms with Crippen molar-refractivity contribution in [3.8, 4) is 0 Å². The van der Waals surface area contributed by atoms with Crippen LogP contribution in [0.25, 0.3) is 11.2 Å². The highest BCUT2D eigenvalue weighted by Gasteiger charge is 2.02. The standard InChI is InChI=1S/C9H13N5/c1-2-11-5-8-12-6-3-4-7(10)13-9(6)14-8/h3-4,11H,2,5H2,1H3,(H3,10,12,13,14). The van der Waals surface area contributed by atoms with Crippen LogP contribution < -0.4 is 11.1 Å². The van der Waals surface area contributed by atoms with Crippen molar-refractivity contribution in [3.63, 3.8) is 0 Å². The molecule has 0 spiro atoms. The lowest BCUT2D eigenvalue weighted by Gasteiger charge is -1.94. The molecule has 0 saturated carbocycles. The van der Waals surface area contributed by atoms with E-state index in [2.05, 4.69) is 27.2 Å². The fourth-order valence-electron chi connectivity index (χ4n) is 1.28. The molecule has 4 N–H and O–H groups in total. The number of H-pyrrole nitrogens is 1. The first kappa shape index (κ1) is 8.96. The van der Waals surface area contributed by atoms with Crippen molar-refractivity contribution in [2.75, 3.05) is 12.3 Å². The molecular formula is C9H13N5. The highest BCUT2D eigenvalue weighted by Crippen LogP contribution is 2.10. The number of hydrogen-bond donors (Lipinski definition) is 3.